The normalized spacial score (nSPS) is 14.6. The van der Waals surface area contributed by atoms with Gasteiger partial charge in [0.05, 0.1) is 25.7 Å². The molecule has 0 heterocycles. The van der Waals surface area contributed by atoms with Crippen LogP contribution in [0.15, 0.2) is 0 Å². The van der Waals surface area contributed by atoms with Crippen molar-refractivity contribution in [2.75, 3.05) is 19.4 Å². The number of amides is 5. The summed E-state index contributed by atoms with van der Waals surface area (Å²) in [6.07, 6.45) is 0.704. The topological polar surface area (TPSA) is 238 Å². The monoisotopic (exact) mass is 550 g/mol. The van der Waals surface area contributed by atoms with Crippen molar-refractivity contribution in [2.45, 2.75) is 76.4 Å². The van der Waals surface area contributed by atoms with Crippen LogP contribution in [0.25, 0.3) is 0 Å². The molecule has 0 aromatic carbocycles. The molecule has 212 valence electrons. The molecule has 15 nitrogen and oxygen atoms in total. The molecule has 1 unspecified atom stereocenters. The molecule has 0 rings (SSSR count). The maximum atomic E-state index is 12.5. The Balaban J connectivity index is 5.08. The zero-order chi connectivity index (χ0) is 28.9. The van der Waals surface area contributed by atoms with E-state index in [-0.39, 0.29) is 12.6 Å². The van der Waals surface area contributed by atoms with Crippen LogP contribution in [-0.2, 0) is 33.5 Å². The third kappa shape index (κ3) is 13.8. The number of carboxylic acids is 1. The van der Waals surface area contributed by atoms with E-state index in [2.05, 4.69) is 26.6 Å². The summed E-state index contributed by atoms with van der Waals surface area (Å²) in [5.74, 6) is -5.65. The number of nitrogens with one attached hydrogen (secondary N) is 5. The van der Waals surface area contributed by atoms with Gasteiger partial charge < -0.3 is 42.0 Å². The Labute approximate surface area is 219 Å². The first-order chi connectivity index (χ1) is 17.0. The third-order valence-electron chi connectivity index (χ3n) is 4.56. The van der Waals surface area contributed by atoms with Gasteiger partial charge in [-0.25, -0.2) is 4.79 Å². The molecule has 0 saturated carbocycles. The molecule has 9 N–H and O–H groups in total. The second-order valence-corrected chi connectivity index (χ2v) is 9.70. The lowest BCUT2D eigenvalue weighted by atomic mass is 10.1. The number of hydrogen-bond acceptors (Lipinski definition) is 10. The summed E-state index contributed by atoms with van der Waals surface area (Å²) in [5, 5.41) is 29.1. The van der Waals surface area contributed by atoms with Gasteiger partial charge in [-0.2, -0.15) is 0 Å². The Kier molecular flexibility index (Phi) is 14.7. The number of ether oxygens (including phenoxy) is 1. The average molecular weight is 551 g/mol. The molecule has 0 fully saturated rings. The average Bonchev–Trinajstić information content (AvgIpc) is 2.77. The number of aliphatic hydroxyl groups excluding tert-OH is 1. The van der Waals surface area contributed by atoms with E-state index in [0.29, 0.717) is 0 Å². The van der Waals surface area contributed by atoms with Crippen molar-refractivity contribution in [1.82, 2.24) is 26.6 Å². The third-order valence-corrected chi connectivity index (χ3v) is 5.35. The van der Waals surface area contributed by atoms with Crippen molar-refractivity contribution in [2.24, 2.45) is 5.73 Å². The molecule has 0 aromatic rings. The van der Waals surface area contributed by atoms with Crippen molar-refractivity contribution >= 4 is 47.3 Å². The van der Waals surface area contributed by atoms with E-state index in [9.17, 15) is 33.9 Å². The summed E-state index contributed by atoms with van der Waals surface area (Å²) in [7, 11) is 0. The molecule has 0 aliphatic heterocycles. The Hall–Kier alpha value is -2.95. The first-order valence-electron chi connectivity index (χ1n) is 11.3. The lowest BCUT2D eigenvalue weighted by Crippen LogP contribution is -2.58. The van der Waals surface area contributed by atoms with E-state index < -0.39 is 77.8 Å². The first-order valence-corrected chi connectivity index (χ1v) is 12.6. The van der Waals surface area contributed by atoms with Gasteiger partial charge in [-0.3, -0.25) is 29.3 Å². The summed E-state index contributed by atoms with van der Waals surface area (Å²) < 4.78 is 5.61. The van der Waals surface area contributed by atoms with Gasteiger partial charge in [0.1, 0.15) is 23.9 Å². The van der Waals surface area contributed by atoms with Gasteiger partial charge in [-0.1, -0.05) is 0 Å². The van der Waals surface area contributed by atoms with Gasteiger partial charge in [-0.05, 0) is 40.9 Å². The minimum atomic E-state index is -1.51. The summed E-state index contributed by atoms with van der Waals surface area (Å²) in [4.78, 5) is 72.2. The highest BCUT2D eigenvalue weighted by Gasteiger charge is 2.30. The zero-order valence-corrected chi connectivity index (χ0v) is 22.6. The fourth-order valence-corrected chi connectivity index (χ4v) is 3.34. The van der Waals surface area contributed by atoms with Crippen LogP contribution in [0.3, 0.4) is 0 Å². The predicted octanol–water partition coefficient (Wildman–Crippen LogP) is -3.03. The zero-order valence-electron chi connectivity index (χ0n) is 21.7. The summed E-state index contributed by atoms with van der Waals surface area (Å²) in [6.45, 7) is 7.35. The molecular weight excluding hydrogens is 512 g/mol. The highest BCUT2D eigenvalue weighted by atomic mass is 32.2. The minimum Gasteiger partial charge on any atom is -0.479 e. The van der Waals surface area contributed by atoms with Crippen molar-refractivity contribution in [3.8, 4) is 0 Å². The Bertz CT molecular complexity index is 839. The van der Waals surface area contributed by atoms with Crippen LogP contribution < -0.4 is 32.3 Å². The Morgan fingerprint density at radius 3 is 1.95 bits per heavy atom. The van der Waals surface area contributed by atoms with Crippen molar-refractivity contribution in [1.29, 1.82) is 0 Å². The van der Waals surface area contributed by atoms with Gasteiger partial charge in [0, 0.05) is 0 Å². The molecular formula is C21H38N6O9S. The lowest BCUT2D eigenvalue weighted by molar-refractivity contribution is -0.140. The highest BCUT2D eigenvalue weighted by Crippen LogP contribution is 2.07. The van der Waals surface area contributed by atoms with Gasteiger partial charge in [0.15, 0.2) is 5.37 Å². The van der Waals surface area contributed by atoms with Crippen LogP contribution in [-0.4, -0.2) is 100 Å². The summed E-state index contributed by atoms with van der Waals surface area (Å²) in [6, 6.07) is -4.16. The minimum absolute atomic E-state index is 0.105. The van der Waals surface area contributed by atoms with Crippen molar-refractivity contribution in [3.05, 3.63) is 0 Å². The second kappa shape index (κ2) is 16.0. The fourth-order valence-electron chi connectivity index (χ4n) is 2.90. The van der Waals surface area contributed by atoms with Crippen LogP contribution in [0.2, 0.25) is 0 Å². The fraction of sp³-hybridized carbons (Fsp3) is 0.714. The summed E-state index contributed by atoms with van der Waals surface area (Å²) in [5.41, 5.74) is 4.29. The Morgan fingerprint density at radius 1 is 0.919 bits per heavy atom. The maximum absolute atomic E-state index is 12.5. The standard InChI is InChI=1S/C21H38N6O9S/c1-10(2)36-21(4,5)23-8-15(30)25-13(9-28)18(33)24-11(3)16(31)26-12(7-14(22)29)17(32)27-19(37-6)20(34)35/h10-13,19,23,28H,7-9H2,1-6H3,(H2,22,29)(H,24,33)(H,25,30)(H,26,31)(H,27,32)(H,34,35)/t11-,12-,13-,19?/m0/s1. The van der Waals surface area contributed by atoms with Gasteiger partial charge >= 0.3 is 5.97 Å². The largest absolute Gasteiger partial charge is 0.479 e. The van der Waals surface area contributed by atoms with Crippen LogP contribution in [0.4, 0.5) is 0 Å². The number of rotatable bonds is 17. The Morgan fingerprint density at radius 2 is 1.49 bits per heavy atom. The summed E-state index contributed by atoms with van der Waals surface area (Å²) >= 11 is 0.807. The number of carbonyl (C=O) groups excluding carboxylic acids is 5. The highest BCUT2D eigenvalue weighted by molar-refractivity contribution is 7.99. The van der Waals surface area contributed by atoms with Gasteiger partial charge in [0.25, 0.3) is 0 Å². The quantitative estimate of drug-likeness (QED) is 0.0847. The van der Waals surface area contributed by atoms with Crippen LogP contribution in [0.5, 0.6) is 0 Å². The number of aliphatic hydroxyl groups is 1. The first kappa shape index (κ1) is 34.0. The van der Waals surface area contributed by atoms with Gasteiger partial charge in [-0.15, -0.1) is 11.8 Å². The van der Waals surface area contributed by atoms with Crippen molar-refractivity contribution < 1.29 is 43.7 Å². The van der Waals surface area contributed by atoms with E-state index in [1.807, 2.05) is 13.8 Å². The number of hydrogen-bond donors (Lipinski definition) is 8. The van der Waals surface area contributed by atoms with E-state index in [1.165, 1.54) is 13.2 Å². The van der Waals surface area contributed by atoms with Crippen LogP contribution in [0, 0.1) is 0 Å². The van der Waals surface area contributed by atoms with Crippen molar-refractivity contribution in [3.63, 3.8) is 0 Å². The molecule has 0 bridgehead atoms. The van der Waals surface area contributed by atoms with E-state index in [0.717, 1.165) is 11.8 Å². The van der Waals surface area contributed by atoms with Crippen LogP contribution in [0.1, 0.15) is 41.0 Å². The molecule has 0 aliphatic carbocycles. The lowest BCUT2D eigenvalue weighted by Gasteiger charge is -2.29. The molecule has 5 amide bonds. The van der Waals surface area contributed by atoms with Crippen LogP contribution >= 0.6 is 11.8 Å². The molecule has 0 aliphatic rings. The molecule has 0 saturated heterocycles. The maximum Gasteiger partial charge on any atom is 0.336 e. The molecule has 0 radical (unpaired) electrons. The van der Waals surface area contributed by atoms with E-state index in [4.69, 9.17) is 15.6 Å². The molecule has 0 spiro atoms. The molecule has 4 atom stereocenters. The second-order valence-electron chi connectivity index (χ2n) is 8.76. The number of carbonyl (C=O) groups is 6. The van der Waals surface area contributed by atoms with E-state index >= 15 is 0 Å². The molecule has 37 heavy (non-hydrogen) atoms. The molecule has 16 heteroatoms. The SMILES string of the molecule is CSC(NC(=O)[C@H](CC(N)=O)NC(=O)[C@H](C)NC(=O)[C@H](CO)NC(=O)CNC(C)(C)OC(C)C)C(=O)O. The number of primary amides is 1. The number of aliphatic carboxylic acids is 1. The number of nitrogens with two attached hydrogens (primary N) is 1. The predicted molar refractivity (Wildman–Crippen MR) is 134 cm³/mol. The van der Waals surface area contributed by atoms with E-state index in [1.54, 1.807) is 13.8 Å². The smallest absolute Gasteiger partial charge is 0.336 e. The number of carboxylic acid groups (broad SMARTS) is 1. The molecule has 0 aromatic heterocycles. The number of thioether (sulfide) groups is 1. The van der Waals surface area contributed by atoms with Gasteiger partial charge in [0.2, 0.25) is 29.5 Å².